The van der Waals surface area contributed by atoms with Crippen molar-refractivity contribution < 1.29 is 4.79 Å². The van der Waals surface area contributed by atoms with Gasteiger partial charge in [0, 0.05) is 38.4 Å². The lowest BCUT2D eigenvalue weighted by molar-refractivity contribution is -0.130. The molecule has 2 aliphatic heterocycles. The van der Waals surface area contributed by atoms with Crippen LogP contribution in [0, 0.1) is 0 Å². The number of amides is 1. The minimum absolute atomic E-state index is 0.218. The van der Waals surface area contributed by atoms with E-state index < -0.39 is 0 Å². The molecule has 0 saturated carbocycles. The standard InChI is InChI=1S/C20H22ClN3O/c21-17-6-2-4-8-19(17)22-11-13-23(14-12-22)20(25)15-24-10-9-16-5-1-3-7-18(16)24/h1-8H,9-15H2. The Bertz CT molecular complexity index is 771. The number of carbonyl (C=O) groups excluding carboxylic acids is 1. The molecule has 2 aromatic rings. The predicted octanol–water partition coefficient (Wildman–Crippen LogP) is 3.05. The number of benzene rings is 2. The van der Waals surface area contributed by atoms with Crippen LogP contribution in [0.5, 0.6) is 0 Å². The molecule has 0 aliphatic carbocycles. The van der Waals surface area contributed by atoms with Crippen molar-refractivity contribution >= 4 is 28.9 Å². The molecule has 2 aromatic carbocycles. The summed E-state index contributed by atoms with van der Waals surface area (Å²) in [4.78, 5) is 19.2. The Labute approximate surface area is 153 Å². The Morgan fingerprint density at radius 2 is 1.56 bits per heavy atom. The van der Waals surface area contributed by atoms with E-state index in [4.69, 9.17) is 11.6 Å². The molecule has 0 spiro atoms. The van der Waals surface area contributed by atoms with Gasteiger partial charge in [-0.3, -0.25) is 4.79 Å². The van der Waals surface area contributed by atoms with Crippen molar-refractivity contribution in [2.75, 3.05) is 49.1 Å². The van der Waals surface area contributed by atoms with Gasteiger partial charge in [-0.2, -0.15) is 0 Å². The molecule has 1 amide bonds. The van der Waals surface area contributed by atoms with Gasteiger partial charge in [0.2, 0.25) is 5.91 Å². The summed E-state index contributed by atoms with van der Waals surface area (Å²) >= 11 is 6.29. The van der Waals surface area contributed by atoms with Gasteiger partial charge in [0.25, 0.3) is 0 Å². The molecule has 1 fully saturated rings. The Morgan fingerprint density at radius 3 is 2.32 bits per heavy atom. The molecule has 0 bridgehead atoms. The molecule has 0 aromatic heterocycles. The summed E-state index contributed by atoms with van der Waals surface area (Å²) < 4.78 is 0. The van der Waals surface area contributed by atoms with E-state index in [-0.39, 0.29) is 5.91 Å². The number of hydrogen-bond donors (Lipinski definition) is 0. The largest absolute Gasteiger partial charge is 0.367 e. The van der Waals surface area contributed by atoms with Crippen LogP contribution in [-0.4, -0.2) is 50.1 Å². The summed E-state index contributed by atoms with van der Waals surface area (Å²) in [6.45, 7) is 4.56. The zero-order valence-corrected chi connectivity index (χ0v) is 15.0. The molecule has 0 N–H and O–H groups in total. The second-order valence-electron chi connectivity index (χ2n) is 6.62. The van der Waals surface area contributed by atoms with Crippen LogP contribution >= 0.6 is 11.6 Å². The highest BCUT2D eigenvalue weighted by Gasteiger charge is 2.26. The summed E-state index contributed by atoms with van der Waals surface area (Å²) in [5, 5.41) is 0.774. The van der Waals surface area contributed by atoms with E-state index in [1.54, 1.807) is 0 Å². The summed E-state index contributed by atoms with van der Waals surface area (Å²) in [7, 11) is 0. The Hall–Kier alpha value is -2.20. The number of hydrogen-bond acceptors (Lipinski definition) is 3. The number of para-hydroxylation sites is 2. The Morgan fingerprint density at radius 1 is 0.880 bits per heavy atom. The molecule has 25 heavy (non-hydrogen) atoms. The maximum atomic E-state index is 12.7. The first-order chi connectivity index (χ1) is 12.2. The van der Waals surface area contributed by atoms with E-state index in [0.717, 1.165) is 49.9 Å². The van der Waals surface area contributed by atoms with E-state index in [2.05, 4.69) is 28.0 Å². The summed E-state index contributed by atoms with van der Waals surface area (Å²) in [6, 6.07) is 16.3. The fourth-order valence-corrected chi connectivity index (χ4v) is 3.99. The van der Waals surface area contributed by atoms with Gasteiger partial charge < -0.3 is 14.7 Å². The third kappa shape index (κ3) is 3.31. The lowest BCUT2D eigenvalue weighted by atomic mass is 10.2. The number of rotatable bonds is 3. The number of nitrogens with zero attached hydrogens (tertiary/aromatic N) is 3. The second-order valence-corrected chi connectivity index (χ2v) is 7.03. The molecule has 2 heterocycles. The quantitative estimate of drug-likeness (QED) is 0.846. The lowest BCUT2D eigenvalue weighted by Gasteiger charge is -2.37. The molecular weight excluding hydrogens is 334 g/mol. The molecule has 4 rings (SSSR count). The van der Waals surface area contributed by atoms with Crippen LogP contribution in [0.2, 0.25) is 5.02 Å². The lowest BCUT2D eigenvalue weighted by Crippen LogP contribution is -2.51. The van der Waals surface area contributed by atoms with Gasteiger partial charge in [0.15, 0.2) is 0 Å². The van der Waals surface area contributed by atoms with Crippen molar-refractivity contribution in [2.45, 2.75) is 6.42 Å². The minimum atomic E-state index is 0.218. The molecule has 2 aliphatic rings. The number of fused-ring (bicyclic) bond motifs is 1. The molecule has 0 unspecified atom stereocenters. The zero-order chi connectivity index (χ0) is 17.2. The van der Waals surface area contributed by atoms with Gasteiger partial charge in [-0.1, -0.05) is 41.9 Å². The fraction of sp³-hybridized carbons (Fsp3) is 0.350. The van der Waals surface area contributed by atoms with E-state index >= 15 is 0 Å². The van der Waals surface area contributed by atoms with Crippen molar-refractivity contribution in [1.82, 2.24) is 4.90 Å². The van der Waals surface area contributed by atoms with Gasteiger partial charge in [0.05, 0.1) is 17.3 Å². The second kappa shape index (κ2) is 6.96. The summed E-state index contributed by atoms with van der Waals surface area (Å²) in [5.41, 5.74) is 3.62. The first-order valence-electron chi connectivity index (χ1n) is 8.82. The SMILES string of the molecule is O=C(CN1CCc2ccccc21)N1CCN(c2ccccc2Cl)CC1. The Balaban J connectivity index is 1.35. The van der Waals surface area contributed by atoms with E-state index in [9.17, 15) is 4.79 Å². The van der Waals surface area contributed by atoms with Crippen molar-refractivity contribution in [2.24, 2.45) is 0 Å². The Kier molecular flexibility index (Phi) is 4.53. The maximum absolute atomic E-state index is 12.7. The van der Waals surface area contributed by atoms with E-state index in [1.165, 1.54) is 11.3 Å². The molecule has 5 heteroatoms. The van der Waals surface area contributed by atoms with Gasteiger partial charge in [-0.05, 0) is 30.2 Å². The van der Waals surface area contributed by atoms with Crippen LogP contribution in [0.4, 0.5) is 11.4 Å². The van der Waals surface area contributed by atoms with Crippen molar-refractivity contribution in [3.8, 4) is 0 Å². The predicted molar refractivity (Wildman–Crippen MR) is 103 cm³/mol. The monoisotopic (exact) mass is 355 g/mol. The number of anilines is 2. The molecule has 130 valence electrons. The van der Waals surface area contributed by atoms with Crippen molar-refractivity contribution in [1.29, 1.82) is 0 Å². The fourth-order valence-electron chi connectivity index (χ4n) is 3.74. The smallest absolute Gasteiger partial charge is 0.242 e. The highest BCUT2D eigenvalue weighted by molar-refractivity contribution is 6.33. The zero-order valence-electron chi connectivity index (χ0n) is 14.2. The van der Waals surface area contributed by atoms with Crippen molar-refractivity contribution in [3.63, 3.8) is 0 Å². The molecular formula is C20H22ClN3O. The first kappa shape index (κ1) is 16.3. The number of carbonyl (C=O) groups is 1. The van der Waals surface area contributed by atoms with Crippen LogP contribution in [0.1, 0.15) is 5.56 Å². The van der Waals surface area contributed by atoms with Gasteiger partial charge in [-0.15, -0.1) is 0 Å². The van der Waals surface area contributed by atoms with Crippen LogP contribution in [-0.2, 0) is 11.2 Å². The maximum Gasteiger partial charge on any atom is 0.242 e. The third-order valence-electron chi connectivity index (χ3n) is 5.13. The number of halogens is 1. The van der Waals surface area contributed by atoms with E-state index in [1.807, 2.05) is 35.2 Å². The van der Waals surface area contributed by atoms with Crippen molar-refractivity contribution in [3.05, 3.63) is 59.1 Å². The third-order valence-corrected chi connectivity index (χ3v) is 5.45. The van der Waals surface area contributed by atoms with Crippen LogP contribution in [0.15, 0.2) is 48.5 Å². The topological polar surface area (TPSA) is 26.8 Å². The van der Waals surface area contributed by atoms with Crippen LogP contribution in [0.25, 0.3) is 0 Å². The van der Waals surface area contributed by atoms with Crippen LogP contribution in [0.3, 0.4) is 0 Å². The summed E-state index contributed by atoms with van der Waals surface area (Å²) in [6.07, 6.45) is 1.03. The average Bonchev–Trinajstić information content (AvgIpc) is 3.05. The highest BCUT2D eigenvalue weighted by atomic mass is 35.5. The van der Waals surface area contributed by atoms with E-state index in [0.29, 0.717) is 6.54 Å². The number of piperazine rings is 1. The molecule has 0 radical (unpaired) electrons. The molecule has 0 atom stereocenters. The average molecular weight is 356 g/mol. The molecule has 4 nitrogen and oxygen atoms in total. The van der Waals surface area contributed by atoms with Gasteiger partial charge >= 0.3 is 0 Å². The first-order valence-corrected chi connectivity index (χ1v) is 9.20. The highest BCUT2D eigenvalue weighted by Crippen LogP contribution is 2.28. The minimum Gasteiger partial charge on any atom is -0.367 e. The summed E-state index contributed by atoms with van der Waals surface area (Å²) in [5.74, 6) is 0.218. The van der Waals surface area contributed by atoms with Gasteiger partial charge in [-0.25, -0.2) is 0 Å². The normalized spacial score (nSPS) is 16.9. The molecule has 1 saturated heterocycles. The van der Waals surface area contributed by atoms with Gasteiger partial charge in [0.1, 0.15) is 0 Å². The van der Waals surface area contributed by atoms with Crippen LogP contribution < -0.4 is 9.80 Å².